The van der Waals surface area contributed by atoms with E-state index in [1.54, 1.807) is 54.7 Å². The average molecular weight is 463 g/mol. The molecule has 2 atom stereocenters. The van der Waals surface area contributed by atoms with Gasteiger partial charge in [0.1, 0.15) is 5.82 Å². The number of fused-ring (bicyclic) bond motifs is 1. The zero-order chi connectivity index (χ0) is 21.3. The molecular weight excluding hydrogens is 443 g/mol. The van der Waals surface area contributed by atoms with Crippen LogP contribution in [-0.2, 0) is 14.3 Å². The van der Waals surface area contributed by atoms with Gasteiger partial charge in [-0.15, -0.1) is 12.4 Å². The summed E-state index contributed by atoms with van der Waals surface area (Å²) in [5.41, 5.74) is 6.90. The average Bonchev–Trinajstić information content (AvgIpc) is 2.74. The van der Waals surface area contributed by atoms with Crippen molar-refractivity contribution in [2.24, 2.45) is 0 Å². The largest absolute Gasteiger partial charge is 0.383 e. The normalized spacial score (nSPS) is 17.2. The predicted molar refractivity (Wildman–Crippen MR) is 122 cm³/mol. The summed E-state index contributed by atoms with van der Waals surface area (Å²) in [6.07, 6.45) is -1.42. The maximum atomic E-state index is 12.8. The summed E-state index contributed by atoms with van der Waals surface area (Å²) in [7, 11) is 0. The number of carbonyl (C=O) groups is 2. The summed E-state index contributed by atoms with van der Waals surface area (Å²) in [5, 5.41) is 15.2. The molecule has 0 unspecified atom stereocenters. The van der Waals surface area contributed by atoms with Crippen molar-refractivity contribution in [1.82, 2.24) is 4.98 Å². The van der Waals surface area contributed by atoms with E-state index < -0.39 is 24.0 Å². The number of halogens is 2. The number of nitrogens with two attached hydrogens (primary N) is 1. The van der Waals surface area contributed by atoms with Crippen LogP contribution in [0.2, 0.25) is 5.02 Å². The summed E-state index contributed by atoms with van der Waals surface area (Å²) in [5.74, 6) is -0.856. The molecule has 4 N–H and O–H groups in total. The highest BCUT2D eigenvalue weighted by Crippen LogP contribution is 2.24. The fourth-order valence-corrected chi connectivity index (χ4v) is 3.47. The van der Waals surface area contributed by atoms with E-state index in [0.717, 1.165) is 10.8 Å². The zero-order valence-electron chi connectivity index (χ0n) is 16.2. The van der Waals surface area contributed by atoms with E-state index in [1.165, 1.54) is 4.90 Å². The molecule has 4 rings (SSSR count). The Morgan fingerprint density at radius 1 is 1.26 bits per heavy atom. The molecule has 1 aromatic heterocycles. The van der Waals surface area contributed by atoms with Gasteiger partial charge in [-0.1, -0.05) is 11.6 Å². The lowest BCUT2D eigenvalue weighted by molar-refractivity contribution is -0.150. The first-order valence-electron chi connectivity index (χ1n) is 9.26. The third-order valence-electron chi connectivity index (χ3n) is 4.88. The Balaban J connectivity index is 0.00000272. The second kappa shape index (κ2) is 9.49. The third kappa shape index (κ3) is 4.72. The number of anilines is 3. The van der Waals surface area contributed by atoms with Gasteiger partial charge in [-0.3, -0.25) is 9.59 Å². The van der Waals surface area contributed by atoms with Gasteiger partial charge in [-0.05, 0) is 53.9 Å². The smallest absolute Gasteiger partial charge is 0.259 e. The summed E-state index contributed by atoms with van der Waals surface area (Å²) >= 11 is 5.90. The highest BCUT2D eigenvalue weighted by molar-refractivity contribution is 6.30. The molecule has 10 heteroatoms. The van der Waals surface area contributed by atoms with Crippen LogP contribution in [0, 0.1) is 0 Å². The second-order valence-electron chi connectivity index (χ2n) is 6.82. The van der Waals surface area contributed by atoms with Crippen LogP contribution in [0.1, 0.15) is 0 Å². The minimum Gasteiger partial charge on any atom is -0.383 e. The molecule has 8 nitrogen and oxygen atoms in total. The highest BCUT2D eigenvalue weighted by atomic mass is 35.5. The van der Waals surface area contributed by atoms with E-state index in [4.69, 9.17) is 22.1 Å². The molecule has 1 aliphatic rings. The van der Waals surface area contributed by atoms with E-state index in [9.17, 15) is 14.7 Å². The molecule has 1 saturated heterocycles. The number of carbonyl (C=O) groups excluding carboxylic acids is 2. The number of pyridine rings is 1. The molecule has 1 aliphatic heterocycles. The van der Waals surface area contributed by atoms with E-state index in [2.05, 4.69) is 10.3 Å². The number of hydrogen-bond acceptors (Lipinski definition) is 6. The van der Waals surface area contributed by atoms with E-state index >= 15 is 0 Å². The Morgan fingerprint density at radius 2 is 2.00 bits per heavy atom. The fourth-order valence-electron chi connectivity index (χ4n) is 3.34. The first kappa shape index (κ1) is 22.8. The molecule has 3 aromatic rings. The fraction of sp³-hybridized carbons (Fsp3) is 0.190. The van der Waals surface area contributed by atoms with Crippen LogP contribution in [0.4, 0.5) is 17.2 Å². The van der Waals surface area contributed by atoms with Crippen molar-refractivity contribution < 1.29 is 19.4 Å². The van der Waals surface area contributed by atoms with Crippen LogP contribution < -0.4 is 16.0 Å². The number of aliphatic hydroxyl groups is 1. The van der Waals surface area contributed by atoms with E-state index in [1.807, 2.05) is 0 Å². The van der Waals surface area contributed by atoms with Gasteiger partial charge < -0.3 is 25.8 Å². The van der Waals surface area contributed by atoms with Gasteiger partial charge in [-0.25, -0.2) is 4.98 Å². The number of hydrogen-bond donors (Lipinski definition) is 3. The van der Waals surface area contributed by atoms with Gasteiger partial charge in [0.25, 0.3) is 11.8 Å². The number of nitrogens with one attached hydrogen (secondary N) is 1. The lowest BCUT2D eigenvalue weighted by atomic mass is 10.1. The Kier molecular flexibility index (Phi) is 6.97. The van der Waals surface area contributed by atoms with Gasteiger partial charge in [0.05, 0.1) is 6.61 Å². The van der Waals surface area contributed by atoms with Crippen molar-refractivity contribution in [1.29, 1.82) is 0 Å². The first-order valence-corrected chi connectivity index (χ1v) is 9.63. The van der Waals surface area contributed by atoms with Crippen molar-refractivity contribution in [2.75, 3.05) is 29.1 Å². The van der Waals surface area contributed by atoms with Crippen molar-refractivity contribution in [3.63, 3.8) is 0 Å². The molecule has 0 aliphatic carbocycles. The molecule has 0 saturated carbocycles. The molecule has 31 heavy (non-hydrogen) atoms. The number of ether oxygens (including phenoxy) is 1. The van der Waals surface area contributed by atoms with Crippen LogP contribution in [0.25, 0.3) is 10.8 Å². The Morgan fingerprint density at radius 3 is 2.74 bits per heavy atom. The van der Waals surface area contributed by atoms with Crippen LogP contribution in [0.5, 0.6) is 0 Å². The molecule has 162 valence electrons. The van der Waals surface area contributed by atoms with Gasteiger partial charge in [0, 0.05) is 34.5 Å². The zero-order valence-corrected chi connectivity index (χ0v) is 17.8. The lowest BCUT2D eigenvalue weighted by Gasteiger charge is -2.34. The molecule has 0 radical (unpaired) electrons. The van der Waals surface area contributed by atoms with Crippen LogP contribution in [-0.4, -0.2) is 47.3 Å². The first-order chi connectivity index (χ1) is 14.4. The number of aromatic nitrogens is 1. The minimum atomic E-state index is -1.68. The van der Waals surface area contributed by atoms with Crippen molar-refractivity contribution in [3.8, 4) is 0 Å². The number of benzene rings is 2. The third-order valence-corrected chi connectivity index (χ3v) is 5.13. The number of nitrogens with zero attached hydrogens (tertiary/aromatic N) is 2. The summed E-state index contributed by atoms with van der Waals surface area (Å²) in [4.78, 5) is 30.9. The molecular formula is C21H20Cl2N4O4. The molecule has 0 spiro atoms. The highest BCUT2D eigenvalue weighted by Gasteiger charge is 2.39. The SMILES string of the molecule is Cl.Nc1nccc2cc(NC(=O)[C@H](O)[C@H]3OCCN(c4ccc(Cl)cc4)C3=O)ccc12. The number of nitrogen functional groups attached to an aromatic ring is 1. The molecule has 2 amide bonds. The van der Waals surface area contributed by atoms with E-state index in [-0.39, 0.29) is 19.0 Å². The summed E-state index contributed by atoms with van der Waals surface area (Å²) < 4.78 is 5.42. The summed E-state index contributed by atoms with van der Waals surface area (Å²) in [6, 6.07) is 13.6. The molecule has 1 fully saturated rings. The maximum Gasteiger partial charge on any atom is 0.259 e. The standard InChI is InChI=1S/C21H19ClN4O4.ClH/c22-13-1-4-15(5-2-13)26-9-10-30-18(21(26)29)17(27)20(28)25-14-3-6-16-12(11-14)7-8-24-19(16)23;/h1-8,11,17-18,27H,9-10H2,(H2,23,24)(H,25,28);1H/t17-,18-;/m1./s1. The minimum absolute atomic E-state index is 0. The van der Waals surface area contributed by atoms with Crippen molar-refractivity contribution >= 4 is 63.8 Å². The number of morpholine rings is 1. The van der Waals surface area contributed by atoms with Crippen molar-refractivity contribution in [2.45, 2.75) is 12.2 Å². The topological polar surface area (TPSA) is 118 Å². The van der Waals surface area contributed by atoms with Gasteiger partial charge in [0.2, 0.25) is 0 Å². The molecule has 2 heterocycles. The second-order valence-corrected chi connectivity index (χ2v) is 7.26. The molecule has 0 bridgehead atoms. The van der Waals surface area contributed by atoms with Gasteiger partial charge >= 0.3 is 0 Å². The number of amides is 2. The van der Waals surface area contributed by atoms with Crippen LogP contribution in [0.15, 0.2) is 54.7 Å². The Labute approximate surface area is 189 Å². The van der Waals surface area contributed by atoms with Crippen LogP contribution in [0.3, 0.4) is 0 Å². The van der Waals surface area contributed by atoms with Gasteiger partial charge in [-0.2, -0.15) is 0 Å². The van der Waals surface area contributed by atoms with Crippen LogP contribution >= 0.6 is 24.0 Å². The quantitative estimate of drug-likeness (QED) is 0.548. The summed E-state index contributed by atoms with van der Waals surface area (Å²) in [6.45, 7) is 0.497. The van der Waals surface area contributed by atoms with Crippen molar-refractivity contribution in [3.05, 3.63) is 59.8 Å². The number of aliphatic hydroxyl groups excluding tert-OH is 1. The Bertz CT molecular complexity index is 1110. The lowest BCUT2D eigenvalue weighted by Crippen LogP contribution is -2.55. The van der Waals surface area contributed by atoms with E-state index in [0.29, 0.717) is 28.8 Å². The maximum absolute atomic E-state index is 12.8. The predicted octanol–water partition coefficient (Wildman–Crippen LogP) is 2.62. The molecule has 2 aromatic carbocycles. The number of rotatable bonds is 4. The Hall–Kier alpha value is -2.91. The van der Waals surface area contributed by atoms with Gasteiger partial charge in [0.15, 0.2) is 12.2 Å². The monoisotopic (exact) mass is 462 g/mol.